The fraction of sp³-hybridized carbons (Fsp3) is 0.533. The van der Waals surface area contributed by atoms with Gasteiger partial charge in [-0.15, -0.1) is 0 Å². The number of piperidine rings is 1. The van der Waals surface area contributed by atoms with Crippen molar-refractivity contribution in [3.05, 3.63) is 29.3 Å². The number of hydrogen-bond donors (Lipinski definition) is 1. The van der Waals surface area contributed by atoms with E-state index < -0.39 is 10.0 Å². The van der Waals surface area contributed by atoms with Gasteiger partial charge in [-0.1, -0.05) is 25.2 Å². The second kappa shape index (κ2) is 6.02. The molecule has 0 radical (unpaired) electrons. The molecule has 2 rings (SSSR count). The number of hydrogen-bond acceptors (Lipinski definition) is 3. The fourth-order valence-electron chi connectivity index (χ4n) is 2.85. The maximum Gasteiger partial charge on any atom is 0.243 e. The van der Waals surface area contributed by atoms with Gasteiger partial charge in [-0.3, -0.25) is 0 Å². The number of sulfonamides is 1. The predicted molar refractivity (Wildman–Crippen MR) is 88.8 cm³/mol. The molecule has 2 atom stereocenters. The Labute approximate surface area is 132 Å². The van der Waals surface area contributed by atoms with E-state index in [0.29, 0.717) is 17.4 Å². The molecule has 0 aromatic heterocycles. The van der Waals surface area contributed by atoms with E-state index in [1.54, 1.807) is 22.5 Å². The van der Waals surface area contributed by atoms with Crippen molar-refractivity contribution in [3.8, 4) is 0 Å². The Hall–Kier alpha value is -0.980. The Kier molecular flexibility index (Phi) is 4.70. The van der Waals surface area contributed by atoms with Crippen LogP contribution in [-0.2, 0) is 10.0 Å². The summed E-state index contributed by atoms with van der Waals surface area (Å²) in [6, 6.07) is 4.99. The molecule has 1 fully saturated rings. The lowest BCUT2D eigenvalue weighted by Gasteiger charge is -2.36. The van der Waals surface area contributed by atoms with Gasteiger partial charge in [0.1, 0.15) is 4.99 Å². The van der Waals surface area contributed by atoms with Crippen LogP contribution in [0.1, 0.15) is 37.8 Å². The lowest BCUT2D eigenvalue weighted by atomic mass is 9.94. The average molecular weight is 326 g/mol. The normalized spacial score (nSPS) is 24.0. The maximum atomic E-state index is 12.8. The lowest BCUT2D eigenvalue weighted by molar-refractivity contribution is 0.202. The number of rotatable bonds is 3. The summed E-state index contributed by atoms with van der Waals surface area (Å²) in [7, 11) is -3.46. The Morgan fingerprint density at radius 2 is 2.05 bits per heavy atom. The van der Waals surface area contributed by atoms with Gasteiger partial charge in [-0.2, -0.15) is 4.31 Å². The molecule has 4 nitrogen and oxygen atoms in total. The molecular weight excluding hydrogens is 304 g/mol. The zero-order valence-electron chi connectivity index (χ0n) is 12.7. The molecule has 1 heterocycles. The molecule has 2 N–H and O–H groups in total. The molecule has 0 bridgehead atoms. The summed E-state index contributed by atoms with van der Waals surface area (Å²) < 4.78 is 27.3. The Morgan fingerprint density at radius 3 is 2.62 bits per heavy atom. The number of aryl methyl sites for hydroxylation is 1. The van der Waals surface area contributed by atoms with Crippen LogP contribution in [0, 0.1) is 12.8 Å². The topological polar surface area (TPSA) is 63.4 Å². The third-order valence-electron chi connectivity index (χ3n) is 4.39. The third-order valence-corrected chi connectivity index (χ3v) is 6.59. The van der Waals surface area contributed by atoms with Crippen molar-refractivity contribution >= 4 is 27.2 Å². The van der Waals surface area contributed by atoms with Crippen molar-refractivity contribution in [2.24, 2.45) is 11.7 Å². The second-order valence-corrected chi connectivity index (χ2v) is 8.15. The van der Waals surface area contributed by atoms with E-state index in [-0.39, 0.29) is 11.0 Å². The van der Waals surface area contributed by atoms with Gasteiger partial charge >= 0.3 is 0 Å². The first-order chi connectivity index (χ1) is 9.75. The molecule has 0 saturated carbocycles. The summed E-state index contributed by atoms with van der Waals surface area (Å²) in [4.78, 5) is 0.609. The highest BCUT2D eigenvalue weighted by atomic mass is 32.2. The van der Waals surface area contributed by atoms with Crippen LogP contribution >= 0.6 is 12.2 Å². The predicted octanol–water partition coefficient (Wildman–Crippen LogP) is 2.44. The van der Waals surface area contributed by atoms with Crippen molar-refractivity contribution in [2.45, 2.75) is 44.6 Å². The summed E-state index contributed by atoms with van der Waals surface area (Å²) >= 11 is 4.96. The molecule has 2 unspecified atom stereocenters. The van der Waals surface area contributed by atoms with Gasteiger partial charge in [0, 0.05) is 18.2 Å². The van der Waals surface area contributed by atoms with Crippen molar-refractivity contribution in [1.29, 1.82) is 0 Å². The van der Waals surface area contributed by atoms with Crippen molar-refractivity contribution < 1.29 is 8.42 Å². The zero-order valence-corrected chi connectivity index (χ0v) is 14.3. The van der Waals surface area contributed by atoms with E-state index in [9.17, 15) is 8.42 Å². The monoisotopic (exact) mass is 326 g/mol. The molecule has 1 aromatic rings. The first-order valence-corrected chi connectivity index (χ1v) is 9.02. The standard InChI is InChI=1S/C15H22N2O2S2/c1-10-5-4-8-17(12(10)3)21(18,19)13-6-7-14(15(16)20)11(2)9-13/h6-7,9-10,12H,4-5,8H2,1-3H3,(H2,16,20). The van der Waals surface area contributed by atoms with E-state index in [1.165, 1.54) is 0 Å². The highest BCUT2D eigenvalue weighted by Gasteiger charge is 2.34. The van der Waals surface area contributed by atoms with E-state index in [4.69, 9.17) is 18.0 Å². The molecule has 6 heteroatoms. The molecule has 1 saturated heterocycles. The fourth-order valence-corrected chi connectivity index (χ4v) is 4.93. The SMILES string of the molecule is Cc1cc(S(=O)(=O)N2CCCC(C)C2C)ccc1C(N)=S. The van der Waals surface area contributed by atoms with Gasteiger partial charge in [0.2, 0.25) is 10.0 Å². The Morgan fingerprint density at radius 1 is 1.38 bits per heavy atom. The summed E-state index contributed by atoms with van der Waals surface area (Å²) in [6.45, 7) is 6.50. The Balaban J connectivity index is 2.40. The number of benzene rings is 1. The molecule has 1 aliphatic heterocycles. The zero-order chi connectivity index (χ0) is 15.8. The van der Waals surface area contributed by atoms with Crippen LogP contribution in [0.5, 0.6) is 0 Å². The molecule has 1 aromatic carbocycles. The Bertz CT molecular complexity index is 656. The summed E-state index contributed by atoms with van der Waals surface area (Å²) in [6.07, 6.45) is 1.99. The van der Waals surface area contributed by atoms with Gasteiger partial charge in [0.25, 0.3) is 0 Å². The molecule has 21 heavy (non-hydrogen) atoms. The van der Waals surface area contributed by atoms with E-state index in [0.717, 1.165) is 24.0 Å². The first kappa shape index (κ1) is 16.4. The summed E-state index contributed by atoms with van der Waals surface area (Å²) in [5, 5.41) is 0. The molecular formula is C15H22N2O2S2. The molecule has 0 amide bonds. The largest absolute Gasteiger partial charge is 0.389 e. The number of thiocarbonyl (C=S) groups is 1. The van der Waals surface area contributed by atoms with E-state index in [1.807, 2.05) is 13.8 Å². The molecule has 116 valence electrons. The minimum absolute atomic E-state index is 0.0271. The quantitative estimate of drug-likeness (QED) is 0.867. The minimum Gasteiger partial charge on any atom is -0.389 e. The minimum atomic E-state index is -3.46. The average Bonchev–Trinajstić information content (AvgIpc) is 2.41. The number of nitrogens with zero attached hydrogens (tertiary/aromatic N) is 1. The maximum absolute atomic E-state index is 12.8. The lowest BCUT2D eigenvalue weighted by Crippen LogP contribution is -2.45. The second-order valence-electron chi connectivity index (χ2n) is 5.82. The van der Waals surface area contributed by atoms with Crippen LogP contribution in [0.4, 0.5) is 0 Å². The van der Waals surface area contributed by atoms with Crippen LogP contribution in [0.3, 0.4) is 0 Å². The third kappa shape index (κ3) is 3.12. The van der Waals surface area contributed by atoms with Crippen molar-refractivity contribution in [2.75, 3.05) is 6.54 Å². The highest BCUT2D eigenvalue weighted by Crippen LogP contribution is 2.29. The van der Waals surface area contributed by atoms with Crippen LogP contribution in [-0.4, -0.2) is 30.3 Å². The van der Waals surface area contributed by atoms with E-state index >= 15 is 0 Å². The van der Waals surface area contributed by atoms with Crippen molar-refractivity contribution in [1.82, 2.24) is 4.31 Å². The van der Waals surface area contributed by atoms with Crippen LogP contribution in [0.15, 0.2) is 23.1 Å². The molecule has 0 aliphatic carbocycles. The molecule has 0 spiro atoms. The molecule has 1 aliphatic rings. The van der Waals surface area contributed by atoms with Gasteiger partial charge in [-0.05, 0) is 50.3 Å². The smallest absolute Gasteiger partial charge is 0.243 e. The van der Waals surface area contributed by atoms with Crippen molar-refractivity contribution in [3.63, 3.8) is 0 Å². The van der Waals surface area contributed by atoms with Crippen LogP contribution in [0.2, 0.25) is 0 Å². The highest BCUT2D eigenvalue weighted by molar-refractivity contribution is 7.89. The van der Waals surface area contributed by atoms with Gasteiger partial charge in [-0.25, -0.2) is 8.42 Å². The van der Waals surface area contributed by atoms with Gasteiger partial charge in [0.05, 0.1) is 4.90 Å². The van der Waals surface area contributed by atoms with Crippen LogP contribution < -0.4 is 5.73 Å². The summed E-state index contributed by atoms with van der Waals surface area (Å²) in [5.74, 6) is 0.380. The first-order valence-electron chi connectivity index (χ1n) is 7.17. The van der Waals surface area contributed by atoms with Gasteiger partial charge in [0.15, 0.2) is 0 Å². The summed E-state index contributed by atoms with van der Waals surface area (Å²) in [5.41, 5.74) is 7.15. The van der Waals surface area contributed by atoms with Gasteiger partial charge < -0.3 is 5.73 Å². The number of nitrogens with two attached hydrogens (primary N) is 1. The van der Waals surface area contributed by atoms with E-state index in [2.05, 4.69) is 6.92 Å². The van der Waals surface area contributed by atoms with Crippen LogP contribution in [0.25, 0.3) is 0 Å².